The Balaban J connectivity index is 1.39. The summed E-state index contributed by atoms with van der Waals surface area (Å²) >= 11 is 0. The van der Waals surface area contributed by atoms with E-state index in [1.54, 1.807) is 25.3 Å². The van der Waals surface area contributed by atoms with E-state index in [1.807, 2.05) is 0 Å². The van der Waals surface area contributed by atoms with Gasteiger partial charge in [0.1, 0.15) is 46.4 Å². The zero-order chi connectivity index (χ0) is 32.1. The molecular formula is C33H36FN5O6. The number of fused-ring (bicyclic) bond motifs is 1. The van der Waals surface area contributed by atoms with E-state index < -0.39 is 28.6 Å². The van der Waals surface area contributed by atoms with Crippen molar-refractivity contribution in [3.8, 4) is 28.5 Å². The van der Waals surface area contributed by atoms with Gasteiger partial charge in [0.05, 0.1) is 38.2 Å². The van der Waals surface area contributed by atoms with Crippen molar-refractivity contribution >= 4 is 23.7 Å². The van der Waals surface area contributed by atoms with Crippen LogP contribution in [0.2, 0.25) is 0 Å². The molecule has 0 bridgehead atoms. The van der Waals surface area contributed by atoms with Crippen LogP contribution in [0.1, 0.15) is 59.8 Å². The zero-order valence-corrected chi connectivity index (χ0v) is 25.4. The third-order valence-corrected chi connectivity index (χ3v) is 8.88. The minimum absolute atomic E-state index is 0.0384. The molecule has 0 spiro atoms. The molecule has 2 fully saturated rings. The SMILES string of the molecule is COc1cc(F)ccc1-c1nc([C@](O)(CNC(=O)c2cc(C=NC3CC3)c(N)c(OC)c2)C2CC2)cc2c1OC[C@]2(C)C(N)=O. The Hall–Kier alpha value is -4.71. The molecule has 6 rings (SSSR count). The number of nitrogens with one attached hydrogen (secondary N) is 1. The minimum atomic E-state index is -1.62. The number of aromatic nitrogens is 1. The van der Waals surface area contributed by atoms with E-state index >= 15 is 0 Å². The van der Waals surface area contributed by atoms with Crippen LogP contribution in [0.25, 0.3) is 11.3 Å². The smallest absolute Gasteiger partial charge is 0.251 e. The van der Waals surface area contributed by atoms with Gasteiger partial charge in [-0.05, 0) is 68.9 Å². The fourth-order valence-corrected chi connectivity index (χ4v) is 5.64. The van der Waals surface area contributed by atoms with Gasteiger partial charge in [-0.2, -0.15) is 0 Å². The molecule has 236 valence electrons. The summed E-state index contributed by atoms with van der Waals surface area (Å²) < 4.78 is 31.0. The second-order valence-corrected chi connectivity index (χ2v) is 12.1. The Labute approximate surface area is 259 Å². The molecule has 2 aromatic carbocycles. The van der Waals surface area contributed by atoms with Crippen molar-refractivity contribution in [1.82, 2.24) is 10.3 Å². The van der Waals surface area contributed by atoms with Gasteiger partial charge in [-0.25, -0.2) is 9.37 Å². The summed E-state index contributed by atoms with van der Waals surface area (Å²) in [4.78, 5) is 35.5. The molecular weight excluding hydrogens is 581 g/mol. The number of aliphatic imine (C=N–C) groups is 1. The predicted octanol–water partition coefficient (Wildman–Crippen LogP) is 3.23. The standard InChI is InChI=1S/C33H36FN5O6/c1-32(31(36)41)16-45-29-23(32)13-26(39-28(29)22-9-6-20(34)12-24(22)43-2)33(42,19-4-5-19)15-38-30(40)17-10-18(14-37-21-7-8-21)27(35)25(11-17)44-3/h6,9-14,19,21,42H,4-5,7-8,15-16,35H2,1-3H3,(H2,36,41)(H,38,40)/t32-,33-/m0/s1. The average molecular weight is 618 g/mol. The molecule has 2 atom stereocenters. The monoisotopic (exact) mass is 617 g/mol. The molecule has 45 heavy (non-hydrogen) atoms. The van der Waals surface area contributed by atoms with Crippen LogP contribution in [0.4, 0.5) is 10.1 Å². The lowest BCUT2D eigenvalue weighted by Gasteiger charge is -2.30. The molecule has 3 aromatic rings. The number of nitrogens with two attached hydrogens (primary N) is 2. The first-order chi connectivity index (χ1) is 21.5. The number of amides is 2. The summed E-state index contributed by atoms with van der Waals surface area (Å²) in [6.45, 7) is 1.44. The van der Waals surface area contributed by atoms with E-state index in [4.69, 9.17) is 30.7 Å². The van der Waals surface area contributed by atoms with Crippen LogP contribution in [0.5, 0.6) is 17.2 Å². The molecule has 0 unspecified atom stereocenters. The number of aliphatic hydroxyl groups is 1. The maximum Gasteiger partial charge on any atom is 0.251 e. The van der Waals surface area contributed by atoms with E-state index in [0.717, 1.165) is 12.8 Å². The first kappa shape index (κ1) is 30.3. The third kappa shape index (κ3) is 5.54. The largest absolute Gasteiger partial charge is 0.496 e. The Bertz CT molecular complexity index is 1720. The van der Waals surface area contributed by atoms with Gasteiger partial charge in [-0.15, -0.1) is 0 Å². The topological polar surface area (TPSA) is 171 Å². The Morgan fingerprint density at radius 1 is 1.18 bits per heavy atom. The van der Waals surface area contributed by atoms with Crippen molar-refractivity contribution in [2.45, 2.75) is 49.7 Å². The van der Waals surface area contributed by atoms with Gasteiger partial charge in [-0.3, -0.25) is 14.6 Å². The van der Waals surface area contributed by atoms with Gasteiger partial charge in [0.2, 0.25) is 5.91 Å². The lowest BCUT2D eigenvalue weighted by Crippen LogP contribution is -2.44. The molecule has 12 heteroatoms. The summed E-state index contributed by atoms with van der Waals surface area (Å²) in [6, 6.07) is 9.04. The molecule has 2 amide bonds. The number of carbonyl (C=O) groups is 2. The molecule has 0 radical (unpaired) electrons. The van der Waals surface area contributed by atoms with Crippen molar-refractivity contribution < 1.29 is 33.3 Å². The number of hydrogen-bond donors (Lipinski definition) is 4. The molecule has 3 aliphatic rings. The molecule has 1 aliphatic heterocycles. The number of rotatable bonds is 11. The van der Waals surface area contributed by atoms with Crippen molar-refractivity contribution in [2.24, 2.45) is 16.6 Å². The van der Waals surface area contributed by atoms with E-state index in [9.17, 15) is 19.1 Å². The zero-order valence-electron chi connectivity index (χ0n) is 25.4. The van der Waals surface area contributed by atoms with Gasteiger partial charge >= 0.3 is 0 Å². The van der Waals surface area contributed by atoms with Gasteiger partial charge in [-0.1, -0.05) is 0 Å². The van der Waals surface area contributed by atoms with Crippen LogP contribution in [-0.2, 0) is 15.8 Å². The predicted molar refractivity (Wildman–Crippen MR) is 165 cm³/mol. The summed E-state index contributed by atoms with van der Waals surface area (Å²) in [5.74, 6) is -0.986. The third-order valence-electron chi connectivity index (χ3n) is 8.88. The second-order valence-electron chi connectivity index (χ2n) is 12.1. The second kappa shape index (κ2) is 11.3. The molecule has 2 aliphatic carbocycles. The van der Waals surface area contributed by atoms with E-state index in [2.05, 4.69) is 10.3 Å². The van der Waals surface area contributed by atoms with Gasteiger partial charge in [0, 0.05) is 34.5 Å². The van der Waals surface area contributed by atoms with E-state index in [-0.39, 0.29) is 47.8 Å². The number of hydrogen-bond acceptors (Lipinski definition) is 9. The summed E-state index contributed by atoms with van der Waals surface area (Å²) in [7, 11) is 2.88. The maximum absolute atomic E-state index is 14.1. The summed E-state index contributed by atoms with van der Waals surface area (Å²) in [6.07, 6.45) is 5.09. The number of anilines is 1. The van der Waals surface area contributed by atoms with Crippen LogP contribution < -0.4 is 31.0 Å². The van der Waals surface area contributed by atoms with Gasteiger partial charge in [0.25, 0.3) is 5.91 Å². The first-order valence-electron chi connectivity index (χ1n) is 14.8. The van der Waals surface area contributed by atoms with Crippen LogP contribution in [0.3, 0.4) is 0 Å². The van der Waals surface area contributed by atoms with Crippen LogP contribution in [0.15, 0.2) is 41.4 Å². The van der Waals surface area contributed by atoms with E-state index in [1.165, 1.54) is 38.5 Å². The number of carbonyl (C=O) groups excluding carboxylic acids is 2. The Kier molecular flexibility index (Phi) is 7.64. The number of ether oxygens (including phenoxy) is 3. The van der Waals surface area contributed by atoms with Crippen LogP contribution >= 0.6 is 0 Å². The number of benzene rings is 2. The number of halogens is 1. The highest BCUT2D eigenvalue weighted by atomic mass is 19.1. The highest BCUT2D eigenvalue weighted by Crippen LogP contribution is 2.51. The molecule has 0 saturated heterocycles. The van der Waals surface area contributed by atoms with Crippen LogP contribution in [0, 0.1) is 11.7 Å². The van der Waals surface area contributed by atoms with Crippen molar-refractivity contribution in [3.63, 3.8) is 0 Å². The number of pyridine rings is 1. The molecule has 2 heterocycles. The fraction of sp³-hybridized carbons (Fsp3) is 0.394. The minimum Gasteiger partial charge on any atom is -0.496 e. The average Bonchev–Trinajstić information content (AvgIpc) is 3.97. The van der Waals surface area contributed by atoms with Crippen molar-refractivity contribution in [1.29, 1.82) is 0 Å². The van der Waals surface area contributed by atoms with Crippen molar-refractivity contribution in [2.75, 3.05) is 33.1 Å². The quantitative estimate of drug-likeness (QED) is 0.188. The highest BCUT2D eigenvalue weighted by molar-refractivity contribution is 5.99. The molecule has 11 nitrogen and oxygen atoms in total. The van der Waals surface area contributed by atoms with E-state index in [0.29, 0.717) is 46.7 Å². The molecule has 6 N–H and O–H groups in total. The lowest BCUT2D eigenvalue weighted by atomic mass is 9.81. The Morgan fingerprint density at radius 3 is 2.56 bits per heavy atom. The lowest BCUT2D eigenvalue weighted by molar-refractivity contribution is -0.123. The molecule has 2 saturated carbocycles. The van der Waals surface area contributed by atoms with Crippen molar-refractivity contribution in [3.05, 3.63) is 64.6 Å². The highest BCUT2D eigenvalue weighted by Gasteiger charge is 2.50. The number of nitrogen functional groups attached to an aromatic ring is 1. The fourth-order valence-electron chi connectivity index (χ4n) is 5.64. The number of nitrogens with zero attached hydrogens (tertiary/aromatic N) is 2. The summed E-state index contributed by atoms with van der Waals surface area (Å²) in [5.41, 5.74) is 11.8. The normalized spacial score (nSPS) is 20.3. The van der Waals surface area contributed by atoms with Gasteiger partial charge in [0.15, 0.2) is 0 Å². The van der Waals surface area contributed by atoms with Crippen LogP contribution in [-0.4, -0.2) is 61.5 Å². The number of primary amides is 1. The maximum atomic E-state index is 14.1. The van der Waals surface area contributed by atoms with Gasteiger partial charge < -0.3 is 36.1 Å². The number of methoxy groups -OCH3 is 2. The summed E-state index contributed by atoms with van der Waals surface area (Å²) in [5, 5.41) is 15.1. The first-order valence-corrected chi connectivity index (χ1v) is 14.8. The molecule has 1 aromatic heterocycles. The Morgan fingerprint density at radius 2 is 1.91 bits per heavy atom.